The highest BCUT2D eigenvalue weighted by molar-refractivity contribution is 4.94. The Labute approximate surface area is 98.9 Å². The Morgan fingerprint density at radius 3 is 2.94 bits per heavy atom. The van der Waals surface area contributed by atoms with Gasteiger partial charge in [0, 0.05) is 32.9 Å². The Morgan fingerprint density at radius 1 is 1.44 bits per heavy atom. The van der Waals surface area contributed by atoms with Gasteiger partial charge in [0.2, 0.25) is 0 Å². The molecule has 1 atom stereocenters. The minimum absolute atomic E-state index is 0.578. The normalized spacial score (nSPS) is 27.2. The summed E-state index contributed by atoms with van der Waals surface area (Å²) in [6.07, 6.45) is 5.23. The van der Waals surface area contributed by atoms with Crippen LogP contribution in [0.1, 0.15) is 32.6 Å². The van der Waals surface area contributed by atoms with Gasteiger partial charge in [0.1, 0.15) is 0 Å². The largest absolute Gasteiger partial charge is 0.382 e. The molecule has 1 aliphatic carbocycles. The van der Waals surface area contributed by atoms with Gasteiger partial charge in [-0.2, -0.15) is 0 Å². The SMILES string of the molecule is CCOCCC1(CNCC2CCOC2)CC1. The van der Waals surface area contributed by atoms with Crippen molar-refractivity contribution in [2.45, 2.75) is 32.6 Å². The predicted octanol–water partition coefficient (Wildman–Crippen LogP) is 1.82. The topological polar surface area (TPSA) is 30.5 Å². The van der Waals surface area contributed by atoms with Gasteiger partial charge in [-0.15, -0.1) is 0 Å². The zero-order valence-corrected chi connectivity index (χ0v) is 10.5. The minimum Gasteiger partial charge on any atom is -0.382 e. The summed E-state index contributed by atoms with van der Waals surface area (Å²) in [7, 11) is 0. The monoisotopic (exact) mass is 227 g/mol. The van der Waals surface area contributed by atoms with Crippen LogP contribution < -0.4 is 5.32 Å². The van der Waals surface area contributed by atoms with Crippen LogP contribution in [-0.2, 0) is 9.47 Å². The molecule has 3 nitrogen and oxygen atoms in total. The van der Waals surface area contributed by atoms with E-state index in [1.54, 1.807) is 0 Å². The summed E-state index contributed by atoms with van der Waals surface area (Å²) in [5.74, 6) is 0.752. The molecule has 1 heterocycles. The summed E-state index contributed by atoms with van der Waals surface area (Å²) in [5, 5.41) is 3.62. The summed E-state index contributed by atoms with van der Waals surface area (Å²) in [4.78, 5) is 0. The second-order valence-corrected chi connectivity index (χ2v) is 5.31. The van der Waals surface area contributed by atoms with Crippen molar-refractivity contribution in [3.05, 3.63) is 0 Å². The molecule has 1 saturated carbocycles. The Morgan fingerprint density at radius 2 is 2.31 bits per heavy atom. The first-order valence-corrected chi connectivity index (χ1v) is 6.71. The first-order valence-electron chi connectivity index (χ1n) is 6.71. The molecule has 0 bridgehead atoms. The lowest BCUT2D eigenvalue weighted by Gasteiger charge is -2.17. The van der Waals surface area contributed by atoms with E-state index < -0.39 is 0 Å². The van der Waals surface area contributed by atoms with Gasteiger partial charge in [-0.3, -0.25) is 0 Å². The van der Waals surface area contributed by atoms with E-state index in [9.17, 15) is 0 Å². The quantitative estimate of drug-likeness (QED) is 0.642. The summed E-state index contributed by atoms with van der Waals surface area (Å²) in [6, 6.07) is 0. The van der Waals surface area contributed by atoms with Gasteiger partial charge in [-0.25, -0.2) is 0 Å². The van der Waals surface area contributed by atoms with Crippen LogP contribution in [0, 0.1) is 11.3 Å². The molecule has 0 amide bonds. The Kier molecular flexibility index (Phi) is 4.62. The molecule has 16 heavy (non-hydrogen) atoms. The zero-order valence-electron chi connectivity index (χ0n) is 10.5. The van der Waals surface area contributed by atoms with Crippen LogP contribution in [0.2, 0.25) is 0 Å². The summed E-state index contributed by atoms with van der Waals surface area (Å²) in [5.41, 5.74) is 0.578. The van der Waals surface area contributed by atoms with E-state index in [0.717, 1.165) is 38.9 Å². The van der Waals surface area contributed by atoms with Crippen LogP contribution >= 0.6 is 0 Å². The van der Waals surface area contributed by atoms with E-state index >= 15 is 0 Å². The molecule has 2 rings (SSSR count). The van der Waals surface area contributed by atoms with Crippen molar-refractivity contribution in [2.75, 3.05) is 39.5 Å². The molecule has 0 spiro atoms. The zero-order chi connectivity index (χ0) is 11.3. The first-order chi connectivity index (χ1) is 7.85. The van der Waals surface area contributed by atoms with Crippen molar-refractivity contribution in [3.63, 3.8) is 0 Å². The molecule has 1 unspecified atom stereocenters. The van der Waals surface area contributed by atoms with E-state index in [1.807, 2.05) is 0 Å². The van der Waals surface area contributed by atoms with Crippen LogP contribution in [0.15, 0.2) is 0 Å². The van der Waals surface area contributed by atoms with Gasteiger partial charge in [0.25, 0.3) is 0 Å². The third-order valence-electron chi connectivity index (χ3n) is 3.89. The van der Waals surface area contributed by atoms with E-state index in [1.165, 1.54) is 32.2 Å². The molecule has 0 aromatic carbocycles. The summed E-state index contributed by atoms with van der Waals surface area (Å²) < 4.78 is 10.8. The van der Waals surface area contributed by atoms with Crippen molar-refractivity contribution < 1.29 is 9.47 Å². The molecule has 2 aliphatic rings. The van der Waals surface area contributed by atoms with Crippen LogP contribution in [0.3, 0.4) is 0 Å². The van der Waals surface area contributed by atoms with Crippen LogP contribution in [-0.4, -0.2) is 39.5 Å². The Bertz CT molecular complexity index is 198. The molecule has 1 saturated heterocycles. The van der Waals surface area contributed by atoms with Gasteiger partial charge in [0.05, 0.1) is 6.61 Å². The maximum atomic E-state index is 5.44. The van der Waals surface area contributed by atoms with Gasteiger partial charge in [0.15, 0.2) is 0 Å². The van der Waals surface area contributed by atoms with Gasteiger partial charge < -0.3 is 14.8 Å². The van der Waals surface area contributed by atoms with E-state index in [0.29, 0.717) is 5.41 Å². The van der Waals surface area contributed by atoms with Crippen molar-refractivity contribution in [1.29, 1.82) is 0 Å². The second-order valence-electron chi connectivity index (χ2n) is 5.31. The number of nitrogens with one attached hydrogen (secondary N) is 1. The first kappa shape index (κ1) is 12.3. The fraction of sp³-hybridized carbons (Fsp3) is 1.00. The molecule has 3 heteroatoms. The predicted molar refractivity (Wildman–Crippen MR) is 64.6 cm³/mol. The standard InChI is InChI=1S/C13H25NO2/c1-2-15-8-6-13(4-5-13)11-14-9-12-3-7-16-10-12/h12,14H,2-11H2,1H3. The third kappa shape index (κ3) is 3.72. The van der Waals surface area contributed by atoms with Crippen LogP contribution in [0.25, 0.3) is 0 Å². The van der Waals surface area contributed by atoms with Gasteiger partial charge in [-0.05, 0) is 43.9 Å². The molecular weight excluding hydrogens is 202 g/mol. The molecule has 0 aromatic rings. The fourth-order valence-electron chi connectivity index (χ4n) is 2.41. The van der Waals surface area contributed by atoms with Crippen molar-refractivity contribution >= 4 is 0 Å². The highest BCUT2D eigenvalue weighted by atomic mass is 16.5. The van der Waals surface area contributed by atoms with Gasteiger partial charge >= 0.3 is 0 Å². The summed E-state index contributed by atoms with van der Waals surface area (Å²) in [6.45, 7) is 8.08. The van der Waals surface area contributed by atoms with E-state index in [2.05, 4.69) is 12.2 Å². The lowest BCUT2D eigenvalue weighted by molar-refractivity contribution is 0.127. The van der Waals surface area contributed by atoms with Crippen molar-refractivity contribution in [2.24, 2.45) is 11.3 Å². The number of hydrogen-bond donors (Lipinski definition) is 1. The van der Waals surface area contributed by atoms with Crippen LogP contribution in [0.5, 0.6) is 0 Å². The lowest BCUT2D eigenvalue weighted by atomic mass is 10.0. The molecule has 0 radical (unpaired) electrons. The average molecular weight is 227 g/mol. The number of ether oxygens (including phenoxy) is 2. The smallest absolute Gasteiger partial charge is 0.0507 e. The fourth-order valence-corrected chi connectivity index (χ4v) is 2.41. The molecule has 0 aromatic heterocycles. The van der Waals surface area contributed by atoms with Crippen molar-refractivity contribution in [1.82, 2.24) is 5.32 Å². The Hall–Kier alpha value is -0.120. The molecule has 1 N–H and O–H groups in total. The summed E-state index contributed by atoms with van der Waals surface area (Å²) >= 11 is 0. The number of rotatable bonds is 8. The third-order valence-corrected chi connectivity index (χ3v) is 3.89. The van der Waals surface area contributed by atoms with Crippen LogP contribution in [0.4, 0.5) is 0 Å². The van der Waals surface area contributed by atoms with E-state index in [-0.39, 0.29) is 0 Å². The molecule has 2 fully saturated rings. The Balaban J connectivity index is 1.54. The maximum Gasteiger partial charge on any atom is 0.0507 e. The number of hydrogen-bond acceptors (Lipinski definition) is 3. The highest BCUT2D eigenvalue weighted by Crippen LogP contribution is 2.48. The lowest BCUT2D eigenvalue weighted by Crippen LogP contribution is -2.30. The van der Waals surface area contributed by atoms with E-state index in [4.69, 9.17) is 9.47 Å². The van der Waals surface area contributed by atoms with Crippen molar-refractivity contribution in [3.8, 4) is 0 Å². The molecule has 94 valence electrons. The second kappa shape index (κ2) is 5.99. The molecule has 1 aliphatic heterocycles. The highest BCUT2D eigenvalue weighted by Gasteiger charge is 2.41. The average Bonchev–Trinajstić information content (AvgIpc) is 2.86. The minimum atomic E-state index is 0.578. The molecular formula is C13H25NO2. The maximum absolute atomic E-state index is 5.44. The van der Waals surface area contributed by atoms with Gasteiger partial charge in [-0.1, -0.05) is 0 Å².